The van der Waals surface area contributed by atoms with Crippen LogP contribution in [0.15, 0.2) is 41.3 Å². The van der Waals surface area contributed by atoms with Crippen LogP contribution in [-0.2, 0) is 15.7 Å². The van der Waals surface area contributed by atoms with Gasteiger partial charge in [-0.1, -0.05) is 39.8 Å². The van der Waals surface area contributed by atoms with Crippen molar-refractivity contribution in [2.24, 2.45) is 5.92 Å². The molecule has 0 unspecified atom stereocenters. The molecule has 1 aromatic carbocycles. The molecule has 2 N–H and O–H groups in total. The van der Waals surface area contributed by atoms with E-state index in [1.807, 2.05) is 12.1 Å². The van der Waals surface area contributed by atoms with Gasteiger partial charge in [0.25, 0.3) is 5.56 Å². The third kappa shape index (κ3) is 6.24. The van der Waals surface area contributed by atoms with Gasteiger partial charge in [0.2, 0.25) is 0 Å². The number of benzene rings is 1. The number of nitrogens with zero attached hydrogens (tertiary/aromatic N) is 4. The second kappa shape index (κ2) is 11.2. The van der Waals surface area contributed by atoms with Gasteiger partial charge in [-0.15, -0.1) is 0 Å². The maximum absolute atomic E-state index is 16.2. The number of piperidine rings is 1. The lowest BCUT2D eigenvalue weighted by Crippen LogP contribution is -2.56. The molecule has 0 aliphatic carbocycles. The molecule has 2 atom stereocenters. The van der Waals surface area contributed by atoms with Gasteiger partial charge >= 0.3 is 6.09 Å². The molecular weight excluding hydrogens is 523 g/mol. The number of anilines is 2. The first-order valence-electron chi connectivity index (χ1n) is 14.1. The zero-order valence-electron chi connectivity index (χ0n) is 25.0. The Hall–Kier alpha value is -3.87. The topological polar surface area (TPSA) is 116 Å². The number of H-pyrrole nitrogens is 1. The highest BCUT2D eigenvalue weighted by Crippen LogP contribution is 2.40. The number of halogens is 1. The number of carbonyl (C=O) groups is 1. The number of nitrogens with one attached hydrogen (secondary N) is 2. The zero-order chi connectivity index (χ0) is 30.2. The van der Waals surface area contributed by atoms with Gasteiger partial charge in [-0.2, -0.15) is 10.4 Å². The van der Waals surface area contributed by atoms with E-state index in [-0.39, 0.29) is 48.1 Å². The summed E-state index contributed by atoms with van der Waals surface area (Å²) in [5.74, 6) is 0.830. The van der Waals surface area contributed by atoms with E-state index in [1.165, 1.54) is 21.3 Å². The highest BCUT2D eigenvalue weighted by molar-refractivity contribution is 5.91. The molecule has 3 heterocycles. The van der Waals surface area contributed by atoms with Crippen molar-refractivity contribution < 1.29 is 13.9 Å². The molecule has 220 valence electrons. The molecule has 1 fully saturated rings. The molecule has 1 aliphatic rings. The van der Waals surface area contributed by atoms with E-state index >= 15 is 4.39 Å². The van der Waals surface area contributed by atoms with Gasteiger partial charge in [0.15, 0.2) is 5.82 Å². The third-order valence-corrected chi connectivity index (χ3v) is 7.69. The smallest absolute Gasteiger partial charge is 0.410 e. The van der Waals surface area contributed by atoms with E-state index in [2.05, 4.69) is 56.2 Å². The summed E-state index contributed by atoms with van der Waals surface area (Å²) >= 11 is 0. The number of aromatic nitrogens is 3. The van der Waals surface area contributed by atoms with Crippen molar-refractivity contribution in [3.63, 3.8) is 0 Å². The minimum atomic E-state index is -1.62. The van der Waals surface area contributed by atoms with Gasteiger partial charge < -0.3 is 19.9 Å². The predicted molar refractivity (Wildman–Crippen MR) is 158 cm³/mol. The van der Waals surface area contributed by atoms with Crippen molar-refractivity contribution in [3.8, 4) is 6.07 Å². The number of nitriles is 1. The van der Waals surface area contributed by atoms with E-state index in [4.69, 9.17) is 9.84 Å². The van der Waals surface area contributed by atoms with Crippen LogP contribution in [0.3, 0.4) is 0 Å². The minimum absolute atomic E-state index is 0.00606. The van der Waals surface area contributed by atoms with Crippen molar-refractivity contribution >= 4 is 28.5 Å². The summed E-state index contributed by atoms with van der Waals surface area (Å²) in [5, 5.41) is 18.0. The number of rotatable bonds is 7. The van der Waals surface area contributed by atoms with Gasteiger partial charge in [-0.25, -0.2) is 9.18 Å². The molecule has 0 spiro atoms. The van der Waals surface area contributed by atoms with Gasteiger partial charge in [0.1, 0.15) is 22.7 Å². The Morgan fingerprint density at radius 3 is 2.51 bits per heavy atom. The SMILES string of the molecule is CC(C)CC(C)(C)c1ccc(Nc2nn([C@@]3(CC#N)CCN(C(=O)OC(C)(C)C)C[C@H]3F)c3cc[nH]c(=O)c23)cc1. The number of ether oxygens (including phenoxy) is 1. The maximum Gasteiger partial charge on any atom is 0.410 e. The van der Waals surface area contributed by atoms with Crippen molar-refractivity contribution in [3.05, 3.63) is 52.4 Å². The molecule has 3 aromatic rings. The van der Waals surface area contributed by atoms with Crippen LogP contribution in [0.1, 0.15) is 73.3 Å². The lowest BCUT2D eigenvalue weighted by molar-refractivity contribution is -0.0166. The Bertz CT molecular complexity index is 1500. The van der Waals surface area contributed by atoms with Crippen molar-refractivity contribution in [1.82, 2.24) is 19.7 Å². The average molecular weight is 565 g/mol. The second-order valence-corrected chi connectivity index (χ2v) is 13.1. The lowest BCUT2D eigenvalue weighted by Gasteiger charge is -2.43. The Labute approximate surface area is 240 Å². The summed E-state index contributed by atoms with van der Waals surface area (Å²) in [6.07, 6.45) is 0.251. The monoisotopic (exact) mass is 564 g/mol. The minimum Gasteiger partial charge on any atom is -0.444 e. The van der Waals surface area contributed by atoms with Crippen molar-refractivity contribution in [2.75, 3.05) is 18.4 Å². The van der Waals surface area contributed by atoms with Crippen LogP contribution in [0, 0.1) is 17.2 Å². The number of likely N-dealkylation sites (tertiary alicyclic amines) is 1. The molecular formula is C31H41FN6O3. The van der Waals surface area contributed by atoms with Gasteiger partial charge in [-0.3, -0.25) is 9.48 Å². The van der Waals surface area contributed by atoms with Gasteiger partial charge in [0, 0.05) is 18.4 Å². The maximum atomic E-state index is 16.2. The van der Waals surface area contributed by atoms with Crippen molar-refractivity contribution in [2.45, 2.75) is 90.5 Å². The highest BCUT2D eigenvalue weighted by atomic mass is 19.1. The number of fused-ring (bicyclic) bond motifs is 1. The fraction of sp³-hybridized carbons (Fsp3) is 0.548. The highest BCUT2D eigenvalue weighted by Gasteiger charge is 2.48. The molecule has 0 saturated carbocycles. The number of hydrogen-bond donors (Lipinski definition) is 2. The fourth-order valence-electron chi connectivity index (χ4n) is 5.87. The largest absolute Gasteiger partial charge is 0.444 e. The Morgan fingerprint density at radius 1 is 1.24 bits per heavy atom. The molecule has 9 nitrogen and oxygen atoms in total. The van der Waals surface area contributed by atoms with E-state index in [0.29, 0.717) is 11.4 Å². The molecule has 1 aliphatic heterocycles. The van der Waals surface area contributed by atoms with Gasteiger partial charge in [-0.05, 0) is 68.7 Å². The van der Waals surface area contributed by atoms with Crippen LogP contribution in [0.4, 0.5) is 20.7 Å². The van der Waals surface area contributed by atoms with E-state index in [1.54, 1.807) is 26.8 Å². The van der Waals surface area contributed by atoms with Crippen LogP contribution in [0.2, 0.25) is 0 Å². The van der Waals surface area contributed by atoms with E-state index in [0.717, 1.165) is 12.1 Å². The summed E-state index contributed by atoms with van der Waals surface area (Å²) in [7, 11) is 0. The van der Waals surface area contributed by atoms with Crippen LogP contribution in [-0.4, -0.2) is 50.6 Å². The van der Waals surface area contributed by atoms with Crippen LogP contribution in [0.5, 0.6) is 0 Å². The number of hydrogen-bond acceptors (Lipinski definition) is 6. The molecule has 2 aromatic heterocycles. The van der Waals surface area contributed by atoms with E-state index < -0.39 is 23.4 Å². The van der Waals surface area contributed by atoms with Crippen molar-refractivity contribution in [1.29, 1.82) is 5.26 Å². The predicted octanol–water partition coefficient (Wildman–Crippen LogP) is 6.38. The first-order valence-corrected chi connectivity index (χ1v) is 14.1. The summed E-state index contributed by atoms with van der Waals surface area (Å²) in [6, 6.07) is 11.8. The lowest BCUT2D eigenvalue weighted by atomic mass is 9.78. The van der Waals surface area contributed by atoms with Gasteiger partial charge in [0.05, 0.1) is 24.6 Å². The van der Waals surface area contributed by atoms with E-state index in [9.17, 15) is 14.9 Å². The standard InChI is InChI=1S/C31H41FN6O3/c1-20(2)18-30(6,7)21-8-10-22(11-9-21)35-26-25-23(12-16-34-27(25)39)38(36-26)31(13-15-33)14-17-37(19-24(31)32)28(40)41-29(3,4)5/h8-12,16,20,24H,13-14,17-19H2,1-7H3,(H,34,39)(H,35,36)/t24-,31+/m1/s1. The second-order valence-electron chi connectivity index (χ2n) is 13.1. The molecule has 1 saturated heterocycles. The first-order chi connectivity index (χ1) is 19.2. The molecule has 0 bridgehead atoms. The van der Waals surface area contributed by atoms with Crippen LogP contribution >= 0.6 is 0 Å². The number of aromatic amines is 1. The third-order valence-electron chi connectivity index (χ3n) is 7.69. The Kier molecular flexibility index (Phi) is 8.21. The quantitative estimate of drug-likeness (QED) is 0.344. The molecule has 10 heteroatoms. The summed E-state index contributed by atoms with van der Waals surface area (Å²) in [6.45, 7) is 14.0. The number of pyridine rings is 1. The van der Waals surface area contributed by atoms with Crippen LogP contribution < -0.4 is 10.9 Å². The number of carbonyl (C=O) groups excluding carboxylic acids is 1. The fourth-order valence-corrected chi connectivity index (χ4v) is 5.87. The van der Waals surface area contributed by atoms with Crippen LogP contribution in [0.25, 0.3) is 10.9 Å². The summed E-state index contributed by atoms with van der Waals surface area (Å²) in [5.41, 5.74) is -0.110. The number of alkyl halides is 1. The molecule has 1 amide bonds. The summed E-state index contributed by atoms with van der Waals surface area (Å²) in [4.78, 5) is 29.7. The Morgan fingerprint density at radius 2 is 1.93 bits per heavy atom. The zero-order valence-corrected chi connectivity index (χ0v) is 25.0. The summed E-state index contributed by atoms with van der Waals surface area (Å²) < 4.78 is 23.1. The Balaban J connectivity index is 1.70. The molecule has 0 radical (unpaired) electrons. The first kappa shape index (κ1) is 30.1. The number of amides is 1. The average Bonchev–Trinajstić information content (AvgIpc) is 3.24. The molecule has 4 rings (SSSR count). The molecule has 41 heavy (non-hydrogen) atoms. The normalized spacial score (nSPS) is 19.8.